The van der Waals surface area contributed by atoms with Crippen LogP contribution in [-0.4, -0.2) is 30.8 Å². The van der Waals surface area contributed by atoms with E-state index in [-0.39, 0.29) is 18.6 Å². The molecule has 2 rings (SSSR count). The van der Waals surface area contributed by atoms with Gasteiger partial charge in [-0.1, -0.05) is 18.5 Å². The predicted octanol–water partition coefficient (Wildman–Crippen LogP) is 1.70. The normalized spacial score (nSPS) is 17.2. The molecule has 1 aromatic carbocycles. The van der Waals surface area contributed by atoms with Crippen LogP contribution in [0.5, 0.6) is 5.75 Å². The molecule has 3 N–H and O–H groups in total. The molecule has 1 heterocycles. The maximum atomic E-state index is 11.8. The van der Waals surface area contributed by atoms with Crippen LogP contribution in [0.4, 0.5) is 5.69 Å². The molecule has 5 nitrogen and oxygen atoms in total. The quantitative estimate of drug-likeness (QED) is 0.696. The molecule has 1 aromatic rings. The number of hydrogen-bond acceptors (Lipinski definition) is 4. The van der Waals surface area contributed by atoms with Crippen molar-refractivity contribution in [1.29, 1.82) is 0 Å². The number of amides is 1. The molecular formula is C13H17ClN2O3. The van der Waals surface area contributed by atoms with Crippen LogP contribution in [0, 0.1) is 0 Å². The topological polar surface area (TPSA) is 70.6 Å². The maximum Gasteiger partial charge on any atom is 0.246 e. The molecule has 0 spiro atoms. The van der Waals surface area contributed by atoms with Crippen molar-refractivity contribution in [3.05, 3.63) is 22.7 Å². The molecule has 1 atom stereocenters. The van der Waals surface area contributed by atoms with Crippen molar-refractivity contribution in [1.82, 2.24) is 5.32 Å². The number of carbonyl (C=O) groups excluding carboxylic acids is 1. The number of ether oxygens (including phenoxy) is 1. The van der Waals surface area contributed by atoms with Gasteiger partial charge < -0.3 is 20.5 Å². The molecule has 0 bridgehead atoms. The highest BCUT2D eigenvalue weighted by Crippen LogP contribution is 2.38. The first kappa shape index (κ1) is 14.1. The summed E-state index contributed by atoms with van der Waals surface area (Å²) in [4.78, 5) is 11.8. The van der Waals surface area contributed by atoms with Crippen LogP contribution >= 0.6 is 11.6 Å². The smallest absolute Gasteiger partial charge is 0.246 e. The van der Waals surface area contributed by atoms with Gasteiger partial charge in [0.25, 0.3) is 0 Å². The second-order valence-corrected chi connectivity index (χ2v) is 4.68. The number of benzene rings is 1. The summed E-state index contributed by atoms with van der Waals surface area (Å²) in [5.41, 5.74) is 1.56. The molecule has 0 fully saturated rings. The Morgan fingerprint density at radius 1 is 1.53 bits per heavy atom. The number of carbonyl (C=O) groups is 1. The molecule has 1 unspecified atom stereocenters. The molecular weight excluding hydrogens is 268 g/mol. The van der Waals surface area contributed by atoms with Crippen LogP contribution in [0.15, 0.2) is 12.1 Å². The van der Waals surface area contributed by atoms with Crippen molar-refractivity contribution in [3.8, 4) is 5.75 Å². The largest absolute Gasteiger partial charge is 0.492 e. The van der Waals surface area contributed by atoms with E-state index < -0.39 is 0 Å². The Hall–Kier alpha value is -1.30. The number of aliphatic hydroxyl groups excluding tert-OH is 1. The summed E-state index contributed by atoms with van der Waals surface area (Å²) in [6.07, 6.45) is 0.541. The van der Waals surface area contributed by atoms with Gasteiger partial charge in [-0.15, -0.1) is 0 Å². The summed E-state index contributed by atoms with van der Waals surface area (Å²) in [6, 6.07) is 3.12. The van der Waals surface area contributed by atoms with Gasteiger partial charge in [0.15, 0.2) is 0 Å². The Morgan fingerprint density at radius 3 is 3.00 bits per heavy atom. The lowest BCUT2D eigenvalue weighted by atomic mass is 10.1. The Kier molecular flexibility index (Phi) is 4.63. The van der Waals surface area contributed by atoms with Crippen molar-refractivity contribution >= 4 is 23.2 Å². The zero-order valence-electron chi connectivity index (χ0n) is 10.7. The van der Waals surface area contributed by atoms with E-state index in [4.69, 9.17) is 21.4 Å². The summed E-state index contributed by atoms with van der Waals surface area (Å²) in [6.45, 7) is 3.10. The SMILES string of the molecule is CCNC1C(=O)Nc2cc(OCCCO)c(Cl)cc21. The Morgan fingerprint density at radius 2 is 2.32 bits per heavy atom. The van der Waals surface area contributed by atoms with Gasteiger partial charge in [-0.2, -0.15) is 0 Å². The molecule has 1 amide bonds. The van der Waals surface area contributed by atoms with Crippen LogP contribution < -0.4 is 15.4 Å². The summed E-state index contributed by atoms with van der Waals surface area (Å²) in [7, 11) is 0. The molecule has 1 aliphatic rings. The summed E-state index contributed by atoms with van der Waals surface area (Å²) in [5.74, 6) is 0.437. The lowest BCUT2D eigenvalue weighted by Gasteiger charge is -2.12. The van der Waals surface area contributed by atoms with Gasteiger partial charge >= 0.3 is 0 Å². The van der Waals surface area contributed by atoms with Gasteiger partial charge in [0, 0.05) is 30.3 Å². The van der Waals surface area contributed by atoms with Crippen molar-refractivity contribution < 1.29 is 14.6 Å². The lowest BCUT2D eigenvalue weighted by Crippen LogP contribution is -2.27. The summed E-state index contributed by atoms with van der Waals surface area (Å²) in [5, 5.41) is 15.1. The second-order valence-electron chi connectivity index (χ2n) is 4.28. The van der Waals surface area contributed by atoms with E-state index in [2.05, 4.69) is 10.6 Å². The van der Waals surface area contributed by atoms with E-state index in [9.17, 15) is 4.79 Å². The Balaban J connectivity index is 2.20. The third-order valence-electron chi connectivity index (χ3n) is 2.90. The lowest BCUT2D eigenvalue weighted by molar-refractivity contribution is -0.117. The first-order chi connectivity index (χ1) is 9.17. The number of rotatable bonds is 6. The van der Waals surface area contributed by atoms with Crippen molar-refractivity contribution in [2.45, 2.75) is 19.4 Å². The molecule has 104 valence electrons. The first-order valence-electron chi connectivity index (χ1n) is 6.28. The van der Waals surface area contributed by atoms with Gasteiger partial charge in [0.1, 0.15) is 11.8 Å². The highest BCUT2D eigenvalue weighted by atomic mass is 35.5. The number of hydrogen-bond donors (Lipinski definition) is 3. The van der Waals surface area contributed by atoms with E-state index in [0.29, 0.717) is 30.3 Å². The molecule has 0 saturated heterocycles. The third kappa shape index (κ3) is 3.00. The highest BCUT2D eigenvalue weighted by molar-refractivity contribution is 6.32. The molecule has 1 aliphatic heterocycles. The second kappa shape index (κ2) is 6.23. The van der Waals surface area contributed by atoms with E-state index in [1.54, 1.807) is 12.1 Å². The van der Waals surface area contributed by atoms with Crippen LogP contribution in [0.2, 0.25) is 5.02 Å². The van der Waals surface area contributed by atoms with Gasteiger partial charge in [0.2, 0.25) is 5.91 Å². The third-order valence-corrected chi connectivity index (χ3v) is 3.20. The number of aliphatic hydroxyl groups is 1. The summed E-state index contributed by atoms with van der Waals surface area (Å²) < 4.78 is 5.47. The van der Waals surface area contributed by atoms with Gasteiger partial charge in [-0.25, -0.2) is 0 Å². The van der Waals surface area contributed by atoms with Crippen LogP contribution in [0.25, 0.3) is 0 Å². The maximum absolute atomic E-state index is 11.8. The zero-order valence-corrected chi connectivity index (χ0v) is 11.5. The summed E-state index contributed by atoms with van der Waals surface area (Å²) >= 11 is 6.15. The van der Waals surface area contributed by atoms with Gasteiger partial charge in [-0.05, 0) is 12.6 Å². The van der Waals surface area contributed by atoms with Crippen molar-refractivity contribution in [3.63, 3.8) is 0 Å². The minimum absolute atomic E-state index is 0.0712. The molecule has 0 saturated carbocycles. The number of halogens is 1. The fourth-order valence-electron chi connectivity index (χ4n) is 2.03. The minimum atomic E-state index is -0.357. The average molecular weight is 285 g/mol. The molecule has 0 aliphatic carbocycles. The number of fused-ring (bicyclic) bond motifs is 1. The van der Waals surface area contributed by atoms with Gasteiger partial charge in [-0.3, -0.25) is 4.79 Å². The minimum Gasteiger partial charge on any atom is -0.492 e. The van der Waals surface area contributed by atoms with Crippen molar-refractivity contribution in [2.24, 2.45) is 0 Å². The van der Waals surface area contributed by atoms with E-state index in [0.717, 1.165) is 11.3 Å². The van der Waals surface area contributed by atoms with E-state index in [1.165, 1.54) is 0 Å². The monoisotopic (exact) mass is 284 g/mol. The van der Waals surface area contributed by atoms with E-state index >= 15 is 0 Å². The Labute approximate surface area is 116 Å². The van der Waals surface area contributed by atoms with E-state index in [1.807, 2.05) is 6.92 Å². The molecule has 6 heteroatoms. The average Bonchev–Trinajstić information content (AvgIpc) is 2.67. The first-order valence-corrected chi connectivity index (χ1v) is 6.66. The van der Waals surface area contributed by atoms with Crippen molar-refractivity contribution in [2.75, 3.05) is 25.1 Å². The van der Waals surface area contributed by atoms with Crippen LogP contribution in [0.1, 0.15) is 24.9 Å². The van der Waals surface area contributed by atoms with Gasteiger partial charge in [0.05, 0.1) is 11.6 Å². The fraction of sp³-hybridized carbons (Fsp3) is 0.462. The number of likely N-dealkylation sites (N-methyl/N-ethyl adjacent to an activating group) is 1. The standard InChI is InChI=1S/C13H17ClN2O3/c1-2-15-12-8-6-9(14)11(19-5-3-4-17)7-10(8)16-13(12)18/h6-7,12,15,17H,2-5H2,1H3,(H,16,18). The zero-order chi connectivity index (χ0) is 13.8. The molecule has 19 heavy (non-hydrogen) atoms. The highest BCUT2D eigenvalue weighted by Gasteiger charge is 2.30. The predicted molar refractivity (Wildman–Crippen MR) is 73.7 cm³/mol. The molecule has 0 aromatic heterocycles. The number of anilines is 1. The number of nitrogens with one attached hydrogen (secondary N) is 2. The molecule has 0 radical (unpaired) electrons. The Bertz CT molecular complexity index is 479. The van der Waals surface area contributed by atoms with Crippen LogP contribution in [-0.2, 0) is 4.79 Å². The fourth-order valence-corrected chi connectivity index (χ4v) is 2.25. The van der Waals surface area contributed by atoms with Crippen LogP contribution in [0.3, 0.4) is 0 Å².